The number of ether oxygens (including phenoxy) is 1. The number of carbonyl (C=O) groups is 2. The van der Waals surface area contributed by atoms with Crippen molar-refractivity contribution in [2.75, 3.05) is 18.1 Å². The number of nitriles is 1. The summed E-state index contributed by atoms with van der Waals surface area (Å²) in [5, 5.41) is 9.73. The SMILES string of the molecule is Cc1cc(C)cc(N(CCC#N)C(=O)COC(=O)c2cn(C)c3ccccc23)c1. The molecule has 1 heterocycles. The number of aromatic nitrogens is 1. The Morgan fingerprint density at radius 3 is 2.52 bits per heavy atom. The van der Waals surface area contributed by atoms with Crippen molar-refractivity contribution in [2.45, 2.75) is 20.3 Å². The highest BCUT2D eigenvalue weighted by Crippen LogP contribution is 2.22. The topological polar surface area (TPSA) is 75.3 Å². The van der Waals surface area contributed by atoms with Crippen LogP contribution >= 0.6 is 0 Å². The van der Waals surface area contributed by atoms with Gasteiger partial charge in [-0.1, -0.05) is 24.3 Å². The summed E-state index contributed by atoms with van der Waals surface area (Å²) in [6.45, 7) is 3.75. The molecule has 29 heavy (non-hydrogen) atoms. The zero-order chi connectivity index (χ0) is 21.0. The number of carbonyl (C=O) groups excluding carboxylic acids is 2. The van der Waals surface area contributed by atoms with Gasteiger partial charge >= 0.3 is 5.97 Å². The monoisotopic (exact) mass is 389 g/mol. The maximum atomic E-state index is 12.8. The average Bonchev–Trinajstić information content (AvgIpc) is 3.03. The summed E-state index contributed by atoms with van der Waals surface area (Å²) in [5.41, 5.74) is 4.07. The Labute approximate surface area is 169 Å². The van der Waals surface area contributed by atoms with Crippen molar-refractivity contribution in [1.29, 1.82) is 5.26 Å². The number of para-hydroxylation sites is 1. The molecule has 2 aromatic carbocycles. The number of hydrogen-bond acceptors (Lipinski definition) is 4. The van der Waals surface area contributed by atoms with E-state index in [4.69, 9.17) is 10.00 Å². The molecule has 0 unspecified atom stereocenters. The first-order valence-electron chi connectivity index (χ1n) is 9.37. The number of anilines is 1. The summed E-state index contributed by atoms with van der Waals surface area (Å²) < 4.78 is 7.18. The minimum atomic E-state index is -0.546. The molecule has 0 bridgehead atoms. The van der Waals surface area contributed by atoms with Gasteiger partial charge in [0.05, 0.1) is 18.1 Å². The van der Waals surface area contributed by atoms with Gasteiger partial charge in [0.2, 0.25) is 0 Å². The van der Waals surface area contributed by atoms with Crippen LogP contribution in [-0.4, -0.2) is 29.6 Å². The molecule has 1 amide bonds. The fraction of sp³-hybridized carbons (Fsp3) is 0.261. The predicted octanol–water partition coefficient (Wildman–Crippen LogP) is 3.90. The van der Waals surface area contributed by atoms with E-state index in [1.54, 1.807) is 6.20 Å². The third-order valence-electron chi connectivity index (χ3n) is 4.71. The van der Waals surface area contributed by atoms with Crippen LogP contribution in [0.4, 0.5) is 5.69 Å². The fourth-order valence-corrected chi connectivity index (χ4v) is 3.45. The molecular weight excluding hydrogens is 366 g/mol. The molecule has 0 atom stereocenters. The molecule has 0 aliphatic heterocycles. The Hall–Kier alpha value is -3.59. The minimum absolute atomic E-state index is 0.190. The van der Waals surface area contributed by atoms with Crippen LogP contribution in [0.25, 0.3) is 10.9 Å². The van der Waals surface area contributed by atoms with Crippen LogP contribution in [0.15, 0.2) is 48.7 Å². The van der Waals surface area contributed by atoms with Crippen LogP contribution in [0, 0.1) is 25.2 Å². The van der Waals surface area contributed by atoms with E-state index < -0.39 is 5.97 Å². The molecule has 0 saturated carbocycles. The molecule has 0 radical (unpaired) electrons. The van der Waals surface area contributed by atoms with Crippen LogP contribution in [-0.2, 0) is 16.6 Å². The Morgan fingerprint density at radius 1 is 1.14 bits per heavy atom. The molecule has 0 saturated heterocycles. The van der Waals surface area contributed by atoms with Crippen LogP contribution in [0.2, 0.25) is 0 Å². The Balaban J connectivity index is 1.77. The fourth-order valence-electron chi connectivity index (χ4n) is 3.45. The smallest absolute Gasteiger partial charge is 0.340 e. The summed E-state index contributed by atoms with van der Waals surface area (Å²) in [6.07, 6.45) is 1.89. The molecule has 6 nitrogen and oxygen atoms in total. The highest BCUT2D eigenvalue weighted by atomic mass is 16.5. The van der Waals surface area contributed by atoms with Gasteiger partial charge in [0.1, 0.15) is 0 Å². The number of hydrogen-bond donors (Lipinski definition) is 0. The van der Waals surface area contributed by atoms with Crippen LogP contribution in [0.1, 0.15) is 27.9 Å². The van der Waals surface area contributed by atoms with Crippen molar-refractivity contribution in [2.24, 2.45) is 7.05 Å². The first-order valence-corrected chi connectivity index (χ1v) is 9.37. The van der Waals surface area contributed by atoms with Gasteiger partial charge in [-0.25, -0.2) is 4.79 Å². The van der Waals surface area contributed by atoms with Gasteiger partial charge in [-0.15, -0.1) is 0 Å². The molecule has 0 aliphatic rings. The van der Waals surface area contributed by atoms with E-state index in [0.29, 0.717) is 11.3 Å². The van der Waals surface area contributed by atoms with Gasteiger partial charge in [-0.05, 0) is 43.2 Å². The number of rotatable bonds is 6. The summed E-state index contributed by atoms with van der Waals surface area (Å²) in [4.78, 5) is 26.9. The minimum Gasteiger partial charge on any atom is -0.452 e. The van der Waals surface area contributed by atoms with Crippen molar-refractivity contribution in [3.05, 3.63) is 65.4 Å². The number of nitrogens with zero attached hydrogens (tertiary/aromatic N) is 3. The van der Waals surface area contributed by atoms with Crippen LogP contribution in [0.3, 0.4) is 0 Å². The third kappa shape index (κ3) is 4.46. The van der Waals surface area contributed by atoms with Gasteiger partial charge in [-0.3, -0.25) is 4.79 Å². The molecule has 6 heteroatoms. The molecule has 1 aromatic heterocycles. The first kappa shape index (κ1) is 20.2. The maximum Gasteiger partial charge on any atom is 0.340 e. The lowest BCUT2D eigenvalue weighted by molar-refractivity contribution is -0.121. The van der Waals surface area contributed by atoms with Crippen molar-refractivity contribution < 1.29 is 14.3 Å². The van der Waals surface area contributed by atoms with Gasteiger partial charge in [0, 0.05) is 36.4 Å². The van der Waals surface area contributed by atoms with E-state index >= 15 is 0 Å². The quantitative estimate of drug-likeness (QED) is 0.599. The highest BCUT2D eigenvalue weighted by molar-refractivity contribution is 6.05. The van der Waals surface area contributed by atoms with Crippen molar-refractivity contribution in [3.63, 3.8) is 0 Å². The molecular formula is C23H23N3O3. The van der Waals surface area contributed by atoms with Crippen molar-refractivity contribution in [3.8, 4) is 6.07 Å². The summed E-state index contributed by atoms with van der Waals surface area (Å²) in [5.74, 6) is -0.908. The molecule has 0 aliphatic carbocycles. The number of esters is 1. The second kappa shape index (κ2) is 8.61. The second-order valence-corrected chi connectivity index (χ2v) is 7.05. The zero-order valence-corrected chi connectivity index (χ0v) is 16.8. The molecule has 0 N–H and O–H groups in total. The Kier molecular flexibility index (Phi) is 5.99. The molecule has 0 fully saturated rings. The third-order valence-corrected chi connectivity index (χ3v) is 4.71. The number of benzene rings is 2. The molecule has 3 aromatic rings. The predicted molar refractivity (Wildman–Crippen MR) is 112 cm³/mol. The number of amides is 1. The normalized spacial score (nSPS) is 10.6. The van der Waals surface area contributed by atoms with E-state index in [1.165, 1.54) is 4.90 Å². The standard InChI is InChI=1S/C23H23N3O3/c1-16-11-17(2)13-18(12-16)26(10-6-9-24)22(27)15-29-23(28)20-14-25(3)21-8-5-4-7-19(20)21/h4-5,7-8,11-14H,6,10,15H2,1-3H3. The van der Waals surface area contributed by atoms with Crippen molar-refractivity contribution >= 4 is 28.5 Å². The molecule has 148 valence electrons. The number of aryl methyl sites for hydroxylation is 3. The van der Waals surface area contributed by atoms with Gasteiger partial charge in [0.15, 0.2) is 6.61 Å². The summed E-state index contributed by atoms with van der Waals surface area (Å²) in [7, 11) is 1.86. The molecule has 0 spiro atoms. The highest BCUT2D eigenvalue weighted by Gasteiger charge is 2.20. The van der Waals surface area contributed by atoms with E-state index in [-0.39, 0.29) is 25.5 Å². The van der Waals surface area contributed by atoms with Crippen LogP contribution in [0.5, 0.6) is 0 Å². The lowest BCUT2D eigenvalue weighted by atomic mass is 10.1. The van der Waals surface area contributed by atoms with E-state index in [2.05, 4.69) is 6.07 Å². The van der Waals surface area contributed by atoms with Gasteiger partial charge < -0.3 is 14.2 Å². The first-order chi connectivity index (χ1) is 13.9. The Morgan fingerprint density at radius 2 is 1.83 bits per heavy atom. The van der Waals surface area contributed by atoms with E-state index in [1.807, 2.05) is 67.9 Å². The van der Waals surface area contributed by atoms with Crippen molar-refractivity contribution in [1.82, 2.24) is 4.57 Å². The van der Waals surface area contributed by atoms with Gasteiger partial charge in [0.25, 0.3) is 5.91 Å². The number of fused-ring (bicyclic) bond motifs is 1. The Bertz CT molecular complexity index is 1090. The largest absolute Gasteiger partial charge is 0.452 e. The lowest BCUT2D eigenvalue weighted by Crippen LogP contribution is -2.35. The second-order valence-electron chi connectivity index (χ2n) is 7.05. The molecule has 3 rings (SSSR count). The van der Waals surface area contributed by atoms with E-state index in [0.717, 1.165) is 22.0 Å². The summed E-state index contributed by atoms with van der Waals surface area (Å²) in [6, 6.07) is 15.4. The summed E-state index contributed by atoms with van der Waals surface area (Å²) >= 11 is 0. The lowest BCUT2D eigenvalue weighted by Gasteiger charge is -2.22. The van der Waals surface area contributed by atoms with Crippen LogP contribution < -0.4 is 4.90 Å². The maximum absolute atomic E-state index is 12.8. The zero-order valence-electron chi connectivity index (χ0n) is 16.8. The average molecular weight is 389 g/mol. The van der Waals surface area contributed by atoms with Gasteiger partial charge in [-0.2, -0.15) is 5.26 Å². The van der Waals surface area contributed by atoms with E-state index in [9.17, 15) is 9.59 Å².